The number of nitro groups is 1. The molecule has 0 aliphatic heterocycles. The lowest BCUT2D eigenvalue weighted by Crippen LogP contribution is -2.32. The summed E-state index contributed by atoms with van der Waals surface area (Å²) in [5.74, 6) is -1.08. The van der Waals surface area contributed by atoms with Gasteiger partial charge in [0.25, 0.3) is 11.6 Å². The summed E-state index contributed by atoms with van der Waals surface area (Å²) in [4.78, 5) is 22.4. The van der Waals surface area contributed by atoms with E-state index in [0.717, 1.165) is 0 Å². The van der Waals surface area contributed by atoms with Crippen LogP contribution in [0.3, 0.4) is 0 Å². The first-order chi connectivity index (χ1) is 11.0. The minimum atomic E-state index is -0.911. The molecule has 0 radical (unpaired) electrons. The van der Waals surface area contributed by atoms with E-state index >= 15 is 0 Å². The van der Waals surface area contributed by atoms with Gasteiger partial charge in [0.15, 0.2) is 17.7 Å². The van der Waals surface area contributed by atoms with Crippen LogP contribution in [-0.2, 0) is 4.79 Å². The highest BCUT2D eigenvalue weighted by molar-refractivity contribution is 5.94. The molecular weight excluding hydrogens is 303 g/mol. The average Bonchev–Trinajstić information content (AvgIpc) is 2.54. The van der Waals surface area contributed by atoms with Crippen molar-refractivity contribution in [3.8, 4) is 5.75 Å². The van der Waals surface area contributed by atoms with E-state index in [4.69, 9.17) is 4.74 Å². The molecule has 2 aromatic rings. The van der Waals surface area contributed by atoms with Crippen LogP contribution in [0, 0.1) is 15.9 Å². The number of hydrogen-bond donors (Lipinski definition) is 1. The Labute approximate surface area is 132 Å². The number of nitro benzene ring substituents is 1. The highest BCUT2D eigenvalue weighted by atomic mass is 19.1. The van der Waals surface area contributed by atoms with Crippen molar-refractivity contribution in [2.75, 3.05) is 5.32 Å². The molecule has 1 amide bonds. The molecule has 0 saturated carbocycles. The summed E-state index contributed by atoms with van der Waals surface area (Å²) in [6.07, 6.45) is -0.596. The zero-order valence-corrected chi connectivity index (χ0v) is 12.4. The van der Waals surface area contributed by atoms with Crippen LogP contribution in [0.5, 0.6) is 5.75 Å². The summed E-state index contributed by atoms with van der Waals surface area (Å²) >= 11 is 0. The van der Waals surface area contributed by atoms with E-state index in [0.29, 0.717) is 6.42 Å². The van der Waals surface area contributed by atoms with Crippen LogP contribution in [0.15, 0.2) is 48.5 Å². The molecule has 120 valence electrons. The summed E-state index contributed by atoms with van der Waals surface area (Å²) in [7, 11) is 0. The van der Waals surface area contributed by atoms with Gasteiger partial charge in [-0.25, -0.2) is 4.39 Å². The number of non-ortho nitro benzene ring substituents is 1. The van der Waals surface area contributed by atoms with Crippen molar-refractivity contribution in [1.82, 2.24) is 0 Å². The van der Waals surface area contributed by atoms with E-state index in [1.807, 2.05) is 0 Å². The minimum Gasteiger partial charge on any atom is -0.478 e. The van der Waals surface area contributed by atoms with Crippen molar-refractivity contribution >= 4 is 17.3 Å². The third kappa shape index (κ3) is 4.26. The summed E-state index contributed by atoms with van der Waals surface area (Å²) in [5, 5.41) is 13.3. The molecule has 1 atom stereocenters. The number of para-hydroxylation sites is 1. The standard InChI is InChI=1S/C16H15FN2O4/c1-2-14(23-15-9-4-3-8-13(15)17)16(20)18-11-6-5-7-12(10-11)19(21)22/h3-10,14H,2H2,1H3,(H,18,20)/t14-/m0/s1. The number of ether oxygens (including phenoxy) is 1. The predicted molar refractivity (Wildman–Crippen MR) is 82.8 cm³/mol. The molecule has 0 heterocycles. The van der Waals surface area contributed by atoms with Crippen LogP contribution < -0.4 is 10.1 Å². The van der Waals surface area contributed by atoms with Crippen LogP contribution >= 0.6 is 0 Å². The van der Waals surface area contributed by atoms with Gasteiger partial charge in [0.2, 0.25) is 0 Å². The molecular formula is C16H15FN2O4. The van der Waals surface area contributed by atoms with Crippen molar-refractivity contribution in [3.05, 3.63) is 64.5 Å². The van der Waals surface area contributed by atoms with Gasteiger partial charge >= 0.3 is 0 Å². The van der Waals surface area contributed by atoms with Crippen LogP contribution in [0.4, 0.5) is 15.8 Å². The number of rotatable bonds is 6. The van der Waals surface area contributed by atoms with Crippen LogP contribution in [0.2, 0.25) is 0 Å². The molecule has 6 nitrogen and oxygen atoms in total. The van der Waals surface area contributed by atoms with E-state index in [2.05, 4.69) is 5.32 Å². The summed E-state index contributed by atoms with van der Waals surface area (Å²) in [6, 6.07) is 11.3. The Balaban J connectivity index is 2.10. The number of benzene rings is 2. The number of nitrogens with one attached hydrogen (secondary N) is 1. The highest BCUT2D eigenvalue weighted by Crippen LogP contribution is 2.20. The normalized spacial score (nSPS) is 11.6. The minimum absolute atomic E-state index is 0.0199. The fourth-order valence-electron chi connectivity index (χ4n) is 1.94. The van der Waals surface area contributed by atoms with Crippen LogP contribution in [0.1, 0.15) is 13.3 Å². The maximum Gasteiger partial charge on any atom is 0.271 e. The number of hydrogen-bond acceptors (Lipinski definition) is 4. The number of anilines is 1. The van der Waals surface area contributed by atoms with Gasteiger partial charge in [-0.05, 0) is 24.6 Å². The lowest BCUT2D eigenvalue weighted by Gasteiger charge is -2.17. The fraction of sp³-hybridized carbons (Fsp3) is 0.188. The molecule has 0 aliphatic rings. The Bertz CT molecular complexity index is 721. The molecule has 7 heteroatoms. The number of carbonyl (C=O) groups is 1. The highest BCUT2D eigenvalue weighted by Gasteiger charge is 2.20. The smallest absolute Gasteiger partial charge is 0.271 e. The van der Waals surface area contributed by atoms with Gasteiger partial charge in [0.1, 0.15) is 0 Å². The largest absolute Gasteiger partial charge is 0.478 e. The molecule has 2 aromatic carbocycles. The maximum atomic E-state index is 13.6. The fourth-order valence-corrected chi connectivity index (χ4v) is 1.94. The van der Waals surface area contributed by atoms with E-state index in [1.165, 1.54) is 42.5 Å². The molecule has 0 spiro atoms. The Kier molecular flexibility index (Phi) is 5.24. The van der Waals surface area contributed by atoms with E-state index in [1.54, 1.807) is 13.0 Å². The zero-order valence-electron chi connectivity index (χ0n) is 12.4. The van der Waals surface area contributed by atoms with Crippen LogP contribution in [-0.4, -0.2) is 16.9 Å². The zero-order chi connectivity index (χ0) is 16.8. The summed E-state index contributed by atoms with van der Waals surface area (Å²) in [6.45, 7) is 1.72. The van der Waals surface area contributed by atoms with Gasteiger partial charge in [0.05, 0.1) is 4.92 Å². The maximum absolute atomic E-state index is 13.6. The van der Waals surface area contributed by atoms with Crippen molar-refractivity contribution in [3.63, 3.8) is 0 Å². The van der Waals surface area contributed by atoms with Gasteiger partial charge in [-0.15, -0.1) is 0 Å². The first-order valence-electron chi connectivity index (χ1n) is 6.97. The van der Waals surface area contributed by atoms with Gasteiger partial charge in [0, 0.05) is 17.8 Å². The summed E-state index contributed by atoms with van der Waals surface area (Å²) in [5.41, 5.74) is 0.144. The molecule has 0 unspecified atom stereocenters. The Morgan fingerprint density at radius 1 is 1.30 bits per heavy atom. The molecule has 0 bridgehead atoms. The first kappa shape index (κ1) is 16.4. The second kappa shape index (κ2) is 7.35. The molecule has 1 N–H and O–H groups in total. The van der Waals surface area contributed by atoms with Crippen molar-refractivity contribution in [2.45, 2.75) is 19.4 Å². The molecule has 0 aromatic heterocycles. The Morgan fingerprint density at radius 3 is 2.70 bits per heavy atom. The van der Waals surface area contributed by atoms with Gasteiger partial charge in [-0.2, -0.15) is 0 Å². The average molecular weight is 318 g/mol. The number of carbonyl (C=O) groups excluding carboxylic acids is 1. The first-order valence-corrected chi connectivity index (χ1v) is 6.97. The number of halogens is 1. The molecule has 0 saturated heterocycles. The second-order valence-corrected chi connectivity index (χ2v) is 4.74. The monoisotopic (exact) mass is 318 g/mol. The van der Waals surface area contributed by atoms with Gasteiger partial charge in [-0.1, -0.05) is 25.1 Å². The molecule has 23 heavy (non-hydrogen) atoms. The van der Waals surface area contributed by atoms with E-state index in [9.17, 15) is 19.3 Å². The van der Waals surface area contributed by atoms with Crippen molar-refractivity contribution in [2.24, 2.45) is 0 Å². The van der Waals surface area contributed by atoms with Crippen LogP contribution in [0.25, 0.3) is 0 Å². The quantitative estimate of drug-likeness (QED) is 0.652. The number of amides is 1. The van der Waals surface area contributed by atoms with E-state index < -0.39 is 22.8 Å². The SMILES string of the molecule is CC[C@H](Oc1ccccc1F)C(=O)Nc1cccc([N+](=O)[O-])c1. The second-order valence-electron chi connectivity index (χ2n) is 4.74. The molecule has 0 fully saturated rings. The van der Waals surface area contributed by atoms with Crippen molar-refractivity contribution in [1.29, 1.82) is 0 Å². The number of nitrogens with zero attached hydrogens (tertiary/aromatic N) is 1. The topological polar surface area (TPSA) is 81.5 Å². The van der Waals surface area contributed by atoms with E-state index in [-0.39, 0.29) is 17.1 Å². The Morgan fingerprint density at radius 2 is 2.04 bits per heavy atom. The summed E-state index contributed by atoms with van der Waals surface area (Å²) < 4.78 is 19.0. The third-order valence-corrected chi connectivity index (χ3v) is 3.09. The predicted octanol–water partition coefficient (Wildman–Crippen LogP) is 3.53. The van der Waals surface area contributed by atoms with Gasteiger partial charge < -0.3 is 10.1 Å². The third-order valence-electron chi connectivity index (χ3n) is 3.09. The van der Waals surface area contributed by atoms with Gasteiger partial charge in [-0.3, -0.25) is 14.9 Å². The lowest BCUT2D eigenvalue weighted by molar-refractivity contribution is -0.384. The Hall–Kier alpha value is -2.96. The lowest BCUT2D eigenvalue weighted by atomic mass is 10.2. The molecule has 2 rings (SSSR count). The molecule has 0 aliphatic carbocycles. The van der Waals surface area contributed by atoms with Crippen molar-refractivity contribution < 1.29 is 18.8 Å².